The zero-order chi connectivity index (χ0) is 17.6. The lowest BCUT2D eigenvalue weighted by molar-refractivity contribution is 0.514. The van der Waals surface area contributed by atoms with Crippen molar-refractivity contribution in [2.45, 2.75) is 26.3 Å². The van der Waals surface area contributed by atoms with Crippen LogP contribution in [-0.4, -0.2) is 15.5 Å². The molecular formula is C20H17F2N3. The number of rotatable bonds is 2. The standard InChI is InChI=1S/C20H17F2N3/c1-12-8-18(15-9-16(21)11-17(22)10-15)25-20(23-12)19(13(2)24-25)14-6-4-3-5-7-14/h3-7,9-11,18H,8H2,1-2H3. The van der Waals surface area contributed by atoms with Crippen LogP contribution in [0.1, 0.15) is 30.6 Å². The van der Waals surface area contributed by atoms with Crippen LogP contribution in [0.3, 0.4) is 0 Å². The minimum atomic E-state index is -0.580. The first-order valence-corrected chi connectivity index (χ1v) is 8.17. The Labute approximate surface area is 144 Å². The van der Waals surface area contributed by atoms with Crippen LogP contribution in [0, 0.1) is 18.6 Å². The van der Waals surface area contributed by atoms with E-state index < -0.39 is 11.6 Å². The summed E-state index contributed by atoms with van der Waals surface area (Å²) < 4.78 is 29.2. The average Bonchev–Trinajstić information content (AvgIpc) is 2.89. The van der Waals surface area contributed by atoms with Crippen LogP contribution in [0.2, 0.25) is 0 Å². The molecule has 1 aromatic heterocycles. The molecule has 0 spiro atoms. The van der Waals surface area contributed by atoms with Gasteiger partial charge >= 0.3 is 0 Å². The van der Waals surface area contributed by atoms with Crippen molar-refractivity contribution in [1.29, 1.82) is 0 Å². The predicted octanol–water partition coefficient (Wildman–Crippen LogP) is 5.22. The van der Waals surface area contributed by atoms with Crippen molar-refractivity contribution < 1.29 is 8.78 Å². The van der Waals surface area contributed by atoms with Crippen molar-refractivity contribution in [3.05, 3.63) is 71.4 Å². The third-order valence-corrected chi connectivity index (χ3v) is 4.47. The van der Waals surface area contributed by atoms with Gasteiger partial charge in [0.05, 0.1) is 11.7 Å². The number of halogens is 2. The van der Waals surface area contributed by atoms with E-state index in [0.29, 0.717) is 12.0 Å². The molecule has 1 atom stereocenters. The zero-order valence-corrected chi connectivity index (χ0v) is 14.0. The first-order chi connectivity index (χ1) is 12.0. The van der Waals surface area contributed by atoms with E-state index in [9.17, 15) is 8.78 Å². The molecule has 4 rings (SSSR count). The molecule has 0 N–H and O–H groups in total. The van der Waals surface area contributed by atoms with Gasteiger partial charge in [-0.15, -0.1) is 0 Å². The largest absolute Gasteiger partial charge is 0.239 e. The summed E-state index contributed by atoms with van der Waals surface area (Å²) in [5.41, 5.74) is 4.32. The molecule has 0 aliphatic carbocycles. The Balaban J connectivity index is 1.91. The van der Waals surface area contributed by atoms with Crippen LogP contribution >= 0.6 is 0 Å². The summed E-state index contributed by atoms with van der Waals surface area (Å²) in [6.45, 7) is 3.87. The average molecular weight is 337 g/mol. The monoisotopic (exact) mass is 337 g/mol. The van der Waals surface area contributed by atoms with Crippen molar-refractivity contribution in [2.75, 3.05) is 0 Å². The molecule has 2 aromatic carbocycles. The second-order valence-corrected chi connectivity index (χ2v) is 6.36. The highest BCUT2D eigenvalue weighted by molar-refractivity contribution is 5.90. The molecule has 0 bridgehead atoms. The second kappa shape index (κ2) is 5.92. The molecule has 0 saturated carbocycles. The summed E-state index contributed by atoms with van der Waals surface area (Å²) >= 11 is 0. The fraction of sp³-hybridized carbons (Fsp3) is 0.200. The molecule has 1 aliphatic heterocycles. The maximum absolute atomic E-state index is 13.7. The molecule has 3 nitrogen and oxygen atoms in total. The Bertz CT molecular complexity index is 954. The Morgan fingerprint density at radius 2 is 1.68 bits per heavy atom. The van der Waals surface area contributed by atoms with Gasteiger partial charge in [0.15, 0.2) is 5.82 Å². The molecule has 0 radical (unpaired) electrons. The number of benzene rings is 2. The molecule has 0 amide bonds. The summed E-state index contributed by atoms with van der Waals surface area (Å²) in [6.07, 6.45) is 0.575. The number of aromatic nitrogens is 2. The van der Waals surface area contributed by atoms with Crippen LogP contribution in [0.15, 0.2) is 53.5 Å². The van der Waals surface area contributed by atoms with Gasteiger partial charge in [-0.25, -0.2) is 18.5 Å². The summed E-state index contributed by atoms with van der Waals surface area (Å²) in [5.74, 6) is -0.421. The van der Waals surface area contributed by atoms with Gasteiger partial charge in [0.2, 0.25) is 0 Å². The molecular weight excluding hydrogens is 320 g/mol. The maximum Gasteiger partial charge on any atom is 0.159 e. The lowest BCUT2D eigenvalue weighted by Gasteiger charge is -2.24. The van der Waals surface area contributed by atoms with Gasteiger partial charge in [-0.3, -0.25) is 0 Å². The highest BCUT2D eigenvalue weighted by Crippen LogP contribution is 2.40. The SMILES string of the molecule is CC1=Nc2c(-c3ccccc3)c(C)nn2C(c2cc(F)cc(F)c2)C1. The molecule has 2 heterocycles. The van der Waals surface area contributed by atoms with Crippen LogP contribution < -0.4 is 0 Å². The summed E-state index contributed by atoms with van der Waals surface area (Å²) in [7, 11) is 0. The Morgan fingerprint density at radius 1 is 1.00 bits per heavy atom. The van der Waals surface area contributed by atoms with Gasteiger partial charge in [-0.1, -0.05) is 30.3 Å². The van der Waals surface area contributed by atoms with E-state index in [-0.39, 0.29) is 6.04 Å². The molecule has 3 aromatic rings. The normalized spacial score (nSPS) is 16.5. The predicted molar refractivity (Wildman–Crippen MR) is 94.3 cm³/mol. The summed E-state index contributed by atoms with van der Waals surface area (Å²) in [6, 6.07) is 13.3. The van der Waals surface area contributed by atoms with Crippen molar-refractivity contribution in [3.8, 4) is 11.1 Å². The molecule has 25 heavy (non-hydrogen) atoms. The van der Waals surface area contributed by atoms with E-state index in [4.69, 9.17) is 4.99 Å². The molecule has 126 valence electrons. The van der Waals surface area contributed by atoms with Gasteiger partial charge in [-0.05, 0) is 37.1 Å². The van der Waals surface area contributed by atoms with E-state index in [1.54, 1.807) is 4.68 Å². The molecule has 0 saturated heterocycles. The van der Waals surface area contributed by atoms with Crippen LogP contribution in [-0.2, 0) is 0 Å². The number of nitrogens with zero attached hydrogens (tertiary/aromatic N) is 3. The minimum absolute atomic E-state index is 0.270. The molecule has 1 unspecified atom stereocenters. The summed E-state index contributed by atoms with van der Waals surface area (Å²) in [5, 5.41) is 4.64. The van der Waals surface area contributed by atoms with E-state index in [1.165, 1.54) is 12.1 Å². The van der Waals surface area contributed by atoms with Crippen molar-refractivity contribution in [2.24, 2.45) is 4.99 Å². The smallest absolute Gasteiger partial charge is 0.159 e. The van der Waals surface area contributed by atoms with E-state index in [1.807, 2.05) is 44.2 Å². The van der Waals surface area contributed by atoms with Gasteiger partial charge in [0.25, 0.3) is 0 Å². The molecule has 1 aliphatic rings. The highest BCUT2D eigenvalue weighted by Gasteiger charge is 2.28. The van der Waals surface area contributed by atoms with Crippen molar-refractivity contribution >= 4 is 11.5 Å². The third-order valence-electron chi connectivity index (χ3n) is 4.47. The second-order valence-electron chi connectivity index (χ2n) is 6.36. The highest BCUT2D eigenvalue weighted by atomic mass is 19.1. The van der Waals surface area contributed by atoms with E-state index >= 15 is 0 Å². The number of hydrogen-bond acceptors (Lipinski definition) is 2. The van der Waals surface area contributed by atoms with Gasteiger partial charge < -0.3 is 0 Å². The Morgan fingerprint density at radius 3 is 2.36 bits per heavy atom. The number of aliphatic imine (C=N–C) groups is 1. The number of aryl methyl sites for hydroxylation is 1. The fourth-order valence-electron chi connectivity index (χ4n) is 3.42. The van der Waals surface area contributed by atoms with Crippen LogP contribution in [0.25, 0.3) is 11.1 Å². The van der Waals surface area contributed by atoms with Crippen LogP contribution in [0.4, 0.5) is 14.6 Å². The van der Waals surface area contributed by atoms with Gasteiger partial charge in [0, 0.05) is 23.8 Å². The topological polar surface area (TPSA) is 30.2 Å². The zero-order valence-electron chi connectivity index (χ0n) is 14.0. The third kappa shape index (κ3) is 2.76. The lowest BCUT2D eigenvalue weighted by atomic mass is 9.99. The summed E-state index contributed by atoms with van der Waals surface area (Å²) in [4.78, 5) is 4.69. The number of fused-ring (bicyclic) bond motifs is 1. The first kappa shape index (κ1) is 15.7. The van der Waals surface area contributed by atoms with Crippen molar-refractivity contribution in [3.63, 3.8) is 0 Å². The molecule has 0 fully saturated rings. The minimum Gasteiger partial charge on any atom is -0.239 e. The van der Waals surface area contributed by atoms with Crippen LogP contribution in [0.5, 0.6) is 0 Å². The Kier molecular flexibility index (Phi) is 3.71. The quantitative estimate of drug-likeness (QED) is 0.630. The molecule has 5 heteroatoms. The first-order valence-electron chi connectivity index (χ1n) is 8.17. The number of hydrogen-bond donors (Lipinski definition) is 0. The lowest BCUT2D eigenvalue weighted by Crippen LogP contribution is -2.19. The van der Waals surface area contributed by atoms with E-state index in [0.717, 1.165) is 34.4 Å². The maximum atomic E-state index is 13.7. The van der Waals surface area contributed by atoms with Gasteiger partial charge in [0.1, 0.15) is 11.6 Å². The fourth-order valence-corrected chi connectivity index (χ4v) is 3.42. The Hall–Kier alpha value is -2.82. The van der Waals surface area contributed by atoms with E-state index in [2.05, 4.69) is 5.10 Å². The van der Waals surface area contributed by atoms with Crippen molar-refractivity contribution in [1.82, 2.24) is 9.78 Å². The van der Waals surface area contributed by atoms with Gasteiger partial charge in [-0.2, -0.15) is 5.10 Å².